The van der Waals surface area contributed by atoms with E-state index in [1.54, 1.807) is 30.1 Å². The zero-order valence-electron chi connectivity index (χ0n) is 9.29. The third kappa shape index (κ3) is 2.60. The third-order valence-electron chi connectivity index (χ3n) is 2.32. The van der Waals surface area contributed by atoms with Crippen molar-refractivity contribution in [2.45, 2.75) is 6.54 Å². The molecule has 0 aliphatic carbocycles. The van der Waals surface area contributed by atoms with Crippen molar-refractivity contribution in [3.05, 3.63) is 42.0 Å². The van der Waals surface area contributed by atoms with Gasteiger partial charge in [0.25, 0.3) is 5.91 Å². The molecule has 2 aromatic rings. The highest BCUT2D eigenvalue weighted by Crippen LogP contribution is 2.10. The minimum atomic E-state index is -0.260. The summed E-state index contributed by atoms with van der Waals surface area (Å²) in [6.45, 7) is 0.297. The number of nitrogens with zero attached hydrogens (tertiary/aromatic N) is 3. The topological polar surface area (TPSA) is 80.0 Å². The van der Waals surface area contributed by atoms with E-state index in [0.717, 1.165) is 0 Å². The standard InChI is InChI=1S/C11H12N4O2/c1-15-7-13-14-10(15)6-12-11(17)8-3-2-4-9(16)5-8/h2-5,7,16H,6H2,1H3,(H,12,17). The number of phenolic OH excluding ortho intramolecular Hbond substituents is 1. The fourth-order valence-corrected chi connectivity index (χ4v) is 1.38. The smallest absolute Gasteiger partial charge is 0.251 e. The van der Waals surface area contributed by atoms with E-state index < -0.39 is 0 Å². The molecule has 0 aliphatic heterocycles. The molecular weight excluding hydrogens is 220 g/mol. The van der Waals surface area contributed by atoms with Crippen LogP contribution in [0.5, 0.6) is 5.75 Å². The fraction of sp³-hybridized carbons (Fsp3) is 0.182. The van der Waals surface area contributed by atoms with Crippen molar-refractivity contribution in [1.29, 1.82) is 0 Å². The van der Waals surface area contributed by atoms with E-state index in [2.05, 4.69) is 15.5 Å². The molecule has 1 heterocycles. The van der Waals surface area contributed by atoms with E-state index in [1.807, 2.05) is 0 Å². The third-order valence-corrected chi connectivity index (χ3v) is 2.32. The molecule has 0 saturated heterocycles. The highest BCUT2D eigenvalue weighted by Gasteiger charge is 2.07. The summed E-state index contributed by atoms with van der Waals surface area (Å²) in [6, 6.07) is 6.17. The molecule has 0 atom stereocenters. The van der Waals surface area contributed by atoms with Gasteiger partial charge >= 0.3 is 0 Å². The lowest BCUT2D eigenvalue weighted by molar-refractivity contribution is 0.0949. The van der Waals surface area contributed by atoms with Crippen LogP contribution < -0.4 is 5.32 Å². The van der Waals surface area contributed by atoms with Crippen LogP contribution in [-0.4, -0.2) is 25.8 Å². The van der Waals surface area contributed by atoms with Gasteiger partial charge in [0.15, 0.2) is 5.82 Å². The van der Waals surface area contributed by atoms with E-state index in [9.17, 15) is 9.90 Å². The first-order chi connectivity index (χ1) is 8.16. The molecule has 6 nitrogen and oxygen atoms in total. The van der Waals surface area contributed by atoms with Crippen molar-refractivity contribution >= 4 is 5.91 Å². The average molecular weight is 232 g/mol. The lowest BCUT2D eigenvalue weighted by Gasteiger charge is -2.04. The number of nitrogens with one attached hydrogen (secondary N) is 1. The Bertz CT molecular complexity index is 536. The normalized spacial score (nSPS) is 10.2. The predicted molar refractivity (Wildman–Crippen MR) is 60.3 cm³/mol. The number of hydrogen-bond donors (Lipinski definition) is 2. The second-order valence-electron chi connectivity index (χ2n) is 3.59. The van der Waals surface area contributed by atoms with E-state index in [-0.39, 0.29) is 11.7 Å². The van der Waals surface area contributed by atoms with Crippen LogP contribution in [0.25, 0.3) is 0 Å². The van der Waals surface area contributed by atoms with Gasteiger partial charge in [-0.2, -0.15) is 0 Å². The second kappa shape index (κ2) is 4.65. The molecule has 2 N–H and O–H groups in total. The Morgan fingerprint density at radius 2 is 2.35 bits per heavy atom. The molecule has 0 aliphatic rings. The van der Waals surface area contributed by atoms with Gasteiger partial charge in [-0.05, 0) is 18.2 Å². The van der Waals surface area contributed by atoms with E-state index in [0.29, 0.717) is 17.9 Å². The fourth-order valence-electron chi connectivity index (χ4n) is 1.38. The maximum absolute atomic E-state index is 11.7. The van der Waals surface area contributed by atoms with Crippen molar-refractivity contribution in [2.24, 2.45) is 7.05 Å². The SMILES string of the molecule is Cn1cnnc1CNC(=O)c1cccc(O)c1. The van der Waals surface area contributed by atoms with Gasteiger partial charge in [-0.25, -0.2) is 0 Å². The summed E-state index contributed by atoms with van der Waals surface area (Å²) in [6.07, 6.45) is 1.57. The first-order valence-corrected chi connectivity index (χ1v) is 5.07. The number of aromatic hydroxyl groups is 1. The van der Waals surface area contributed by atoms with Crippen LogP contribution in [0.3, 0.4) is 0 Å². The van der Waals surface area contributed by atoms with Gasteiger partial charge in [0.05, 0.1) is 6.54 Å². The summed E-state index contributed by atoms with van der Waals surface area (Å²) < 4.78 is 1.72. The highest BCUT2D eigenvalue weighted by atomic mass is 16.3. The summed E-state index contributed by atoms with van der Waals surface area (Å²) in [5.74, 6) is 0.471. The summed E-state index contributed by atoms with van der Waals surface area (Å²) in [5, 5.41) is 19.5. The largest absolute Gasteiger partial charge is 0.508 e. The van der Waals surface area contributed by atoms with Gasteiger partial charge in [-0.1, -0.05) is 6.07 Å². The zero-order chi connectivity index (χ0) is 12.3. The van der Waals surface area contributed by atoms with Gasteiger partial charge in [0, 0.05) is 12.6 Å². The molecule has 0 fully saturated rings. The monoisotopic (exact) mass is 232 g/mol. The number of phenols is 1. The number of aromatic nitrogens is 3. The molecule has 2 rings (SSSR count). The van der Waals surface area contributed by atoms with E-state index >= 15 is 0 Å². The minimum Gasteiger partial charge on any atom is -0.508 e. The van der Waals surface area contributed by atoms with Crippen LogP contribution in [-0.2, 0) is 13.6 Å². The first kappa shape index (κ1) is 11.1. The highest BCUT2D eigenvalue weighted by molar-refractivity contribution is 5.94. The molecule has 0 saturated carbocycles. The molecule has 0 radical (unpaired) electrons. The summed E-state index contributed by atoms with van der Waals surface area (Å²) >= 11 is 0. The van der Waals surface area contributed by atoms with E-state index in [4.69, 9.17) is 0 Å². The number of benzene rings is 1. The quantitative estimate of drug-likeness (QED) is 0.805. The van der Waals surface area contributed by atoms with Gasteiger partial charge < -0.3 is 15.0 Å². The average Bonchev–Trinajstić information content (AvgIpc) is 2.72. The van der Waals surface area contributed by atoms with E-state index in [1.165, 1.54) is 12.1 Å². The van der Waals surface area contributed by atoms with Gasteiger partial charge in [-0.15, -0.1) is 10.2 Å². The summed E-state index contributed by atoms with van der Waals surface area (Å²) in [4.78, 5) is 11.7. The van der Waals surface area contributed by atoms with Crippen molar-refractivity contribution in [3.63, 3.8) is 0 Å². The number of aryl methyl sites for hydroxylation is 1. The van der Waals surface area contributed by atoms with Crippen molar-refractivity contribution in [3.8, 4) is 5.75 Å². The molecule has 1 aromatic heterocycles. The first-order valence-electron chi connectivity index (χ1n) is 5.07. The molecule has 1 amide bonds. The minimum absolute atomic E-state index is 0.0660. The Morgan fingerprint density at radius 1 is 1.53 bits per heavy atom. The zero-order valence-corrected chi connectivity index (χ0v) is 9.29. The molecule has 17 heavy (non-hydrogen) atoms. The van der Waals surface area contributed by atoms with Crippen molar-refractivity contribution < 1.29 is 9.90 Å². The second-order valence-corrected chi connectivity index (χ2v) is 3.59. The summed E-state index contributed by atoms with van der Waals surface area (Å²) in [7, 11) is 1.80. The van der Waals surface area contributed by atoms with Gasteiger partial charge in [-0.3, -0.25) is 4.79 Å². The van der Waals surface area contributed by atoms with Crippen LogP contribution in [0.1, 0.15) is 16.2 Å². The van der Waals surface area contributed by atoms with Crippen LogP contribution in [0, 0.1) is 0 Å². The lowest BCUT2D eigenvalue weighted by atomic mass is 10.2. The van der Waals surface area contributed by atoms with Crippen LogP contribution >= 0.6 is 0 Å². The van der Waals surface area contributed by atoms with Crippen LogP contribution in [0.15, 0.2) is 30.6 Å². The maximum atomic E-state index is 11.7. The Kier molecular flexibility index (Phi) is 3.04. The lowest BCUT2D eigenvalue weighted by Crippen LogP contribution is -2.24. The Morgan fingerprint density at radius 3 is 3.00 bits per heavy atom. The Balaban J connectivity index is 2.01. The molecular formula is C11H12N4O2. The van der Waals surface area contributed by atoms with Crippen LogP contribution in [0.2, 0.25) is 0 Å². The maximum Gasteiger partial charge on any atom is 0.251 e. The predicted octanol–water partition coefficient (Wildman–Crippen LogP) is 0.451. The molecule has 0 unspecified atom stereocenters. The van der Waals surface area contributed by atoms with Crippen molar-refractivity contribution in [2.75, 3.05) is 0 Å². The van der Waals surface area contributed by atoms with Crippen LogP contribution in [0.4, 0.5) is 0 Å². The molecule has 1 aromatic carbocycles. The number of carbonyl (C=O) groups excluding carboxylic acids is 1. The van der Waals surface area contributed by atoms with Gasteiger partial charge in [0.1, 0.15) is 12.1 Å². The summed E-state index contributed by atoms with van der Waals surface area (Å²) in [5.41, 5.74) is 0.409. The Labute approximate surface area is 97.9 Å². The Hall–Kier alpha value is -2.37. The number of rotatable bonds is 3. The number of hydrogen-bond acceptors (Lipinski definition) is 4. The molecule has 0 bridgehead atoms. The number of amides is 1. The molecule has 88 valence electrons. The molecule has 0 spiro atoms. The molecule has 6 heteroatoms. The van der Waals surface area contributed by atoms with Crippen molar-refractivity contribution in [1.82, 2.24) is 20.1 Å². The van der Waals surface area contributed by atoms with Gasteiger partial charge in [0.2, 0.25) is 0 Å². The number of carbonyl (C=O) groups is 1.